The third-order valence-corrected chi connectivity index (χ3v) is 7.99. The van der Waals surface area contributed by atoms with Gasteiger partial charge in [-0.3, -0.25) is 0 Å². The summed E-state index contributed by atoms with van der Waals surface area (Å²) >= 11 is 0. The van der Waals surface area contributed by atoms with E-state index in [0.717, 1.165) is 38.5 Å². The van der Waals surface area contributed by atoms with E-state index < -0.39 is 24.2 Å². The zero-order valence-electron chi connectivity index (χ0n) is 30.1. The minimum Gasteiger partial charge on any atom is -0.464 e. The van der Waals surface area contributed by atoms with E-state index in [0.29, 0.717) is 27.8 Å². The molecule has 0 amide bonds. The third kappa shape index (κ3) is 3.39. The summed E-state index contributed by atoms with van der Waals surface area (Å²) in [5, 5.41) is 3.55. The fourth-order valence-corrected chi connectivity index (χ4v) is 6.09. The van der Waals surface area contributed by atoms with E-state index in [-0.39, 0.29) is 45.7 Å². The summed E-state index contributed by atoms with van der Waals surface area (Å²) in [7, 11) is 0. The number of fused-ring (bicyclic) bond motifs is 6. The Morgan fingerprint density at radius 2 is 0.976 bits per heavy atom. The van der Waals surface area contributed by atoms with E-state index in [1.54, 1.807) is 30.5 Å². The molecule has 0 spiro atoms. The van der Waals surface area contributed by atoms with Crippen molar-refractivity contribution in [3.63, 3.8) is 0 Å². The molecule has 0 bridgehead atoms. The number of hydrogen-bond acceptors (Lipinski definition) is 2. The van der Waals surface area contributed by atoms with Crippen molar-refractivity contribution in [2.24, 2.45) is 0 Å². The lowest BCUT2D eigenvalue weighted by molar-refractivity contribution is 0.617. The SMILES string of the molecule is [2H]c1c([2H])c([2H])c2c(-c3ccc(-c4coc5cc6c(cc45)oc4ccccc46)cc3)c3c([2H])c([2H])c([2H])c([2H])c3c(-c3ccccc3)c2c1[2H]. The highest BCUT2D eigenvalue weighted by atomic mass is 16.3. The largest absolute Gasteiger partial charge is 0.464 e. The molecule has 0 N–H and O–H groups in total. The molecule has 2 nitrogen and oxygen atoms in total. The lowest BCUT2D eigenvalue weighted by atomic mass is 9.86. The van der Waals surface area contributed by atoms with Crippen LogP contribution in [0.3, 0.4) is 0 Å². The van der Waals surface area contributed by atoms with E-state index in [9.17, 15) is 0 Å². The van der Waals surface area contributed by atoms with Gasteiger partial charge in [0.2, 0.25) is 0 Å². The van der Waals surface area contributed by atoms with Crippen molar-refractivity contribution >= 4 is 54.5 Å². The highest BCUT2D eigenvalue weighted by Gasteiger charge is 2.17. The van der Waals surface area contributed by atoms with Crippen LogP contribution in [0.15, 0.2) is 154 Å². The highest BCUT2D eigenvalue weighted by molar-refractivity contribution is 6.21. The molecule has 0 saturated carbocycles. The number of hydrogen-bond donors (Lipinski definition) is 0. The Labute approximate surface area is 253 Å². The summed E-state index contributed by atoms with van der Waals surface area (Å²) in [5.74, 6) is 0. The number of rotatable bonds is 3. The zero-order valence-corrected chi connectivity index (χ0v) is 22.1. The molecule has 0 radical (unpaired) electrons. The number of para-hydroxylation sites is 1. The average molecular weight is 545 g/mol. The predicted molar refractivity (Wildman–Crippen MR) is 175 cm³/mol. The minimum absolute atomic E-state index is 0.182. The summed E-state index contributed by atoms with van der Waals surface area (Å²) in [4.78, 5) is 0. The first kappa shape index (κ1) is 16.6. The van der Waals surface area contributed by atoms with Crippen LogP contribution in [0.5, 0.6) is 0 Å². The van der Waals surface area contributed by atoms with Gasteiger partial charge in [-0.1, -0.05) is 121 Å². The summed E-state index contributed by atoms with van der Waals surface area (Å²) in [6, 6.07) is 25.2. The molecule has 2 aromatic heterocycles. The van der Waals surface area contributed by atoms with Crippen LogP contribution in [0.2, 0.25) is 0 Å². The Balaban J connectivity index is 1.34. The number of benzene rings is 7. The van der Waals surface area contributed by atoms with Gasteiger partial charge >= 0.3 is 0 Å². The maximum absolute atomic E-state index is 9.12. The summed E-state index contributed by atoms with van der Waals surface area (Å²) in [5.41, 5.74) is 5.61. The van der Waals surface area contributed by atoms with Crippen molar-refractivity contribution in [2.75, 3.05) is 0 Å². The second-order valence-corrected chi connectivity index (χ2v) is 10.3. The van der Waals surface area contributed by atoms with Crippen molar-refractivity contribution in [1.82, 2.24) is 0 Å². The fraction of sp³-hybridized carbons (Fsp3) is 0. The topological polar surface area (TPSA) is 26.3 Å². The standard InChI is InChI=1S/C40H24O2/c1-2-10-26(11-3-1)39-29-13-4-6-15-31(29)40(32-16-7-5-14-30(32)39)27-20-18-25(19-21-27)35-24-41-37-22-33-28-12-8-9-17-36(28)42-38(33)23-34(35)37/h1-24H/i4D,5D,6D,7D,13D,14D,15D,16D. The molecule has 0 unspecified atom stereocenters. The van der Waals surface area contributed by atoms with E-state index in [1.165, 1.54) is 0 Å². The van der Waals surface area contributed by atoms with Crippen molar-refractivity contribution in [1.29, 1.82) is 0 Å². The molecule has 42 heavy (non-hydrogen) atoms. The van der Waals surface area contributed by atoms with Crippen molar-refractivity contribution in [3.8, 4) is 33.4 Å². The molecule has 0 saturated heterocycles. The first-order valence-corrected chi connectivity index (χ1v) is 13.6. The lowest BCUT2D eigenvalue weighted by Crippen LogP contribution is -1.90. The van der Waals surface area contributed by atoms with Gasteiger partial charge in [-0.25, -0.2) is 0 Å². The molecular formula is C40H24O2. The molecule has 7 aromatic carbocycles. The Kier molecular flexibility index (Phi) is 3.54. The minimum atomic E-state index is -0.429. The highest BCUT2D eigenvalue weighted by Crippen LogP contribution is 2.44. The molecule has 0 aliphatic heterocycles. The monoisotopic (exact) mass is 544 g/mol. The van der Waals surface area contributed by atoms with E-state index >= 15 is 0 Å². The molecule has 2 heterocycles. The average Bonchev–Trinajstić information content (AvgIpc) is 3.73. The second-order valence-electron chi connectivity index (χ2n) is 10.3. The van der Waals surface area contributed by atoms with Crippen LogP contribution in [-0.4, -0.2) is 0 Å². The van der Waals surface area contributed by atoms with Crippen molar-refractivity contribution in [3.05, 3.63) is 146 Å². The molecule has 9 rings (SSSR count). The molecular weight excluding hydrogens is 512 g/mol. The summed E-state index contributed by atoms with van der Waals surface area (Å²) in [6.45, 7) is 0. The van der Waals surface area contributed by atoms with Crippen molar-refractivity contribution in [2.45, 2.75) is 0 Å². The normalized spacial score (nSPS) is 14.5. The summed E-state index contributed by atoms with van der Waals surface area (Å²) < 4.78 is 82.9. The maximum Gasteiger partial charge on any atom is 0.136 e. The second kappa shape index (κ2) is 8.95. The summed E-state index contributed by atoms with van der Waals surface area (Å²) in [6.07, 6.45) is 1.69. The van der Waals surface area contributed by atoms with Crippen LogP contribution in [0.4, 0.5) is 0 Å². The molecule has 2 heteroatoms. The van der Waals surface area contributed by atoms with Crippen LogP contribution >= 0.6 is 0 Å². The van der Waals surface area contributed by atoms with Crippen LogP contribution in [0, 0.1) is 0 Å². The molecule has 0 fully saturated rings. The van der Waals surface area contributed by atoms with Gasteiger partial charge in [0.25, 0.3) is 0 Å². The van der Waals surface area contributed by atoms with Gasteiger partial charge < -0.3 is 8.83 Å². The van der Waals surface area contributed by atoms with Gasteiger partial charge in [0.15, 0.2) is 0 Å². The third-order valence-electron chi connectivity index (χ3n) is 7.99. The Morgan fingerprint density at radius 1 is 0.429 bits per heavy atom. The van der Waals surface area contributed by atoms with Crippen LogP contribution < -0.4 is 0 Å². The van der Waals surface area contributed by atoms with Gasteiger partial charge in [-0.05, 0) is 67.6 Å². The van der Waals surface area contributed by atoms with Crippen LogP contribution in [0.1, 0.15) is 11.0 Å². The van der Waals surface area contributed by atoms with Gasteiger partial charge in [-0.15, -0.1) is 0 Å². The van der Waals surface area contributed by atoms with Gasteiger partial charge in [0.1, 0.15) is 16.7 Å². The molecule has 0 aliphatic rings. The molecule has 0 atom stereocenters. The quantitative estimate of drug-likeness (QED) is 0.207. The fourth-order valence-electron chi connectivity index (χ4n) is 6.09. The van der Waals surface area contributed by atoms with Crippen molar-refractivity contribution < 1.29 is 19.8 Å². The zero-order chi connectivity index (χ0) is 34.6. The molecule has 0 aliphatic carbocycles. The van der Waals surface area contributed by atoms with Crippen LogP contribution in [0.25, 0.3) is 87.8 Å². The van der Waals surface area contributed by atoms with E-state index in [4.69, 9.17) is 19.8 Å². The smallest absolute Gasteiger partial charge is 0.136 e. The first-order chi connectivity index (χ1) is 24.2. The van der Waals surface area contributed by atoms with Crippen LogP contribution in [-0.2, 0) is 0 Å². The predicted octanol–water partition coefficient (Wildman–Crippen LogP) is 11.6. The van der Waals surface area contributed by atoms with Gasteiger partial charge in [0.05, 0.1) is 17.2 Å². The van der Waals surface area contributed by atoms with E-state index in [2.05, 4.69) is 0 Å². The first-order valence-electron chi connectivity index (χ1n) is 17.6. The van der Waals surface area contributed by atoms with E-state index in [1.807, 2.05) is 66.7 Å². The lowest BCUT2D eigenvalue weighted by Gasteiger charge is -2.17. The molecule has 196 valence electrons. The molecule has 9 aromatic rings. The van der Waals surface area contributed by atoms with Gasteiger partial charge in [0, 0.05) is 21.7 Å². The maximum atomic E-state index is 9.12. The Morgan fingerprint density at radius 3 is 1.64 bits per heavy atom. The Hall–Kier alpha value is -5.60. The number of furan rings is 2. The Bertz CT molecular complexity index is 2810. The van der Waals surface area contributed by atoms with Gasteiger partial charge in [-0.2, -0.15) is 0 Å².